The molecule has 2 aromatic carbocycles. The first-order chi connectivity index (χ1) is 15.0. The van der Waals surface area contributed by atoms with Gasteiger partial charge < -0.3 is 21.1 Å². The van der Waals surface area contributed by atoms with Crippen molar-refractivity contribution in [2.75, 3.05) is 30.0 Å². The van der Waals surface area contributed by atoms with Gasteiger partial charge in [-0.25, -0.2) is 9.07 Å². The molecule has 0 saturated carbocycles. The van der Waals surface area contributed by atoms with E-state index in [1.54, 1.807) is 19.4 Å². The van der Waals surface area contributed by atoms with Gasteiger partial charge in [0.1, 0.15) is 17.4 Å². The maximum absolute atomic E-state index is 13.7. The molecule has 0 amide bonds. The second kappa shape index (κ2) is 7.42. The number of hydrogen-bond donors (Lipinski definition) is 2. The maximum Gasteiger partial charge on any atom is 0.224 e. The van der Waals surface area contributed by atoms with Crippen molar-refractivity contribution in [1.29, 1.82) is 0 Å². The number of nitrogens with two attached hydrogens (primary N) is 2. The van der Waals surface area contributed by atoms with Crippen molar-refractivity contribution in [3.05, 3.63) is 65.6 Å². The number of anilines is 3. The fraction of sp³-hybridized carbons (Fsp3) is 0.227. The average Bonchev–Trinajstić information content (AvgIpc) is 3.19. The van der Waals surface area contributed by atoms with Crippen LogP contribution in [0, 0.1) is 5.82 Å². The highest BCUT2D eigenvalue weighted by atomic mass is 19.1. The van der Waals surface area contributed by atoms with Crippen molar-refractivity contribution in [2.45, 2.75) is 19.0 Å². The number of methoxy groups -OCH3 is 1. The lowest BCUT2D eigenvalue weighted by Gasteiger charge is -2.36. The SMILES string of the molecule is COc1cc(F)ccc1CN1CC(n2ncc3c(N)nc(N)nc32)Cc2ccccc21. The molecule has 1 atom stereocenters. The summed E-state index contributed by atoms with van der Waals surface area (Å²) in [5, 5.41) is 5.24. The largest absolute Gasteiger partial charge is 0.496 e. The van der Waals surface area contributed by atoms with Crippen LogP contribution in [0.1, 0.15) is 17.2 Å². The van der Waals surface area contributed by atoms with Gasteiger partial charge in [0.25, 0.3) is 0 Å². The quantitative estimate of drug-likeness (QED) is 0.523. The first-order valence-electron chi connectivity index (χ1n) is 9.95. The number of halogens is 1. The minimum Gasteiger partial charge on any atom is -0.496 e. The lowest BCUT2D eigenvalue weighted by molar-refractivity contribution is 0.402. The van der Waals surface area contributed by atoms with Crippen LogP contribution >= 0.6 is 0 Å². The number of nitrogens with zero attached hydrogens (tertiary/aromatic N) is 5. The van der Waals surface area contributed by atoms with E-state index >= 15 is 0 Å². The zero-order chi connectivity index (χ0) is 21.5. The zero-order valence-electron chi connectivity index (χ0n) is 17.0. The third kappa shape index (κ3) is 3.37. The van der Waals surface area contributed by atoms with E-state index in [-0.39, 0.29) is 17.8 Å². The van der Waals surface area contributed by atoms with Crippen LogP contribution in [0.5, 0.6) is 5.75 Å². The molecule has 0 radical (unpaired) electrons. The van der Waals surface area contributed by atoms with Crippen molar-refractivity contribution in [2.24, 2.45) is 0 Å². The van der Waals surface area contributed by atoms with Crippen LogP contribution in [0.3, 0.4) is 0 Å². The Morgan fingerprint density at radius 2 is 2.00 bits per heavy atom. The fourth-order valence-corrected chi connectivity index (χ4v) is 4.26. The lowest BCUT2D eigenvalue weighted by Crippen LogP contribution is -2.37. The predicted octanol–water partition coefficient (Wildman–Crippen LogP) is 2.94. The first kappa shape index (κ1) is 19.1. The molecule has 2 aromatic heterocycles. The molecule has 31 heavy (non-hydrogen) atoms. The fourth-order valence-electron chi connectivity index (χ4n) is 4.26. The minimum absolute atomic E-state index is 0.00698. The van der Waals surface area contributed by atoms with E-state index in [0.29, 0.717) is 35.7 Å². The van der Waals surface area contributed by atoms with E-state index in [1.807, 2.05) is 16.8 Å². The summed E-state index contributed by atoms with van der Waals surface area (Å²) in [5.41, 5.74) is 15.7. The standard InChI is InChI=1S/C22H22FN7O/c1-31-19-9-15(23)7-6-14(19)11-29-12-16(8-13-4-2-3-5-18(13)29)30-21-17(10-26-30)20(24)27-22(25)28-21/h2-7,9-10,16H,8,11-12H2,1H3,(H4,24,25,27,28). The van der Waals surface area contributed by atoms with Crippen LogP contribution in [0.2, 0.25) is 0 Å². The van der Waals surface area contributed by atoms with Crippen LogP contribution in [-0.2, 0) is 13.0 Å². The Kier molecular flexibility index (Phi) is 4.58. The molecule has 1 unspecified atom stereocenters. The monoisotopic (exact) mass is 419 g/mol. The molecule has 4 aromatic rings. The van der Waals surface area contributed by atoms with Crippen molar-refractivity contribution in [1.82, 2.24) is 19.7 Å². The van der Waals surface area contributed by atoms with Crippen molar-refractivity contribution in [3.8, 4) is 5.75 Å². The molecule has 1 aliphatic heterocycles. The summed E-state index contributed by atoms with van der Waals surface area (Å²) in [5.74, 6) is 0.640. The summed E-state index contributed by atoms with van der Waals surface area (Å²) in [4.78, 5) is 10.7. The minimum atomic E-state index is -0.324. The van der Waals surface area contributed by atoms with Gasteiger partial charge in [-0.15, -0.1) is 0 Å². The maximum atomic E-state index is 13.7. The highest BCUT2D eigenvalue weighted by molar-refractivity contribution is 5.86. The number of rotatable bonds is 4. The molecule has 9 heteroatoms. The van der Waals surface area contributed by atoms with Crippen LogP contribution in [0.4, 0.5) is 21.8 Å². The van der Waals surface area contributed by atoms with Crippen LogP contribution < -0.4 is 21.1 Å². The smallest absolute Gasteiger partial charge is 0.224 e. The van der Waals surface area contributed by atoms with Gasteiger partial charge >= 0.3 is 0 Å². The number of aromatic nitrogens is 4. The van der Waals surface area contributed by atoms with Gasteiger partial charge in [0, 0.05) is 30.4 Å². The van der Waals surface area contributed by atoms with Crippen molar-refractivity contribution < 1.29 is 9.13 Å². The Morgan fingerprint density at radius 1 is 1.16 bits per heavy atom. The number of fused-ring (bicyclic) bond motifs is 2. The molecule has 1 aliphatic rings. The number of benzene rings is 2. The Morgan fingerprint density at radius 3 is 2.84 bits per heavy atom. The van der Waals surface area contributed by atoms with E-state index in [4.69, 9.17) is 16.2 Å². The van der Waals surface area contributed by atoms with Gasteiger partial charge in [0.05, 0.1) is 24.7 Å². The third-order valence-corrected chi connectivity index (χ3v) is 5.68. The molecule has 4 N–H and O–H groups in total. The Balaban J connectivity index is 1.55. The molecule has 158 valence electrons. The van der Waals surface area contributed by atoms with Gasteiger partial charge in [0.15, 0.2) is 5.65 Å². The van der Waals surface area contributed by atoms with E-state index < -0.39 is 0 Å². The molecular weight excluding hydrogens is 397 g/mol. The molecule has 0 fully saturated rings. The zero-order valence-corrected chi connectivity index (χ0v) is 17.0. The third-order valence-electron chi connectivity index (χ3n) is 5.68. The van der Waals surface area contributed by atoms with Crippen molar-refractivity contribution >= 4 is 28.5 Å². The summed E-state index contributed by atoms with van der Waals surface area (Å²) < 4.78 is 21.0. The average molecular weight is 419 g/mol. The molecule has 0 aliphatic carbocycles. The second-order valence-corrected chi connectivity index (χ2v) is 7.62. The molecule has 5 rings (SSSR count). The van der Waals surface area contributed by atoms with E-state index in [1.165, 1.54) is 17.7 Å². The second-order valence-electron chi connectivity index (χ2n) is 7.62. The van der Waals surface area contributed by atoms with E-state index in [9.17, 15) is 4.39 Å². The van der Waals surface area contributed by atoms with Gasteiger partial charge in [-0.3, -0.25) is 0 Å². The molecule has 0 saturated heterocycles. The normalized spacial score (nSPS) is 15.8. The summed E-state index contributed by atoms with van der Waals surface area (Å²) in [6.45, 7) is 1.24. The molecular formula is C22H22FN7O. The van der Waals surface area contributed by atoms with E-state index in [2.05, 4.69) is 32.1 Å². The predicted molar refractivity (Wildman–Crippen MR) is 117 cm³/mol. The number of para-hydroxylation sites is 1. The Hall–Kier alpha value is -3.88. The topological polar surface area (TPSA) is 108 Å². The van der Waals surface area contributed by atoms with Gasteiger partial charge in [0.2, 0.25) is 5.95 Å². The summed E-state index contributed by atoms with van der Waals surface area (Å²) >= 11 is 0. The van der Waals surface area contributed by atoms with Crippen LogP contribution in [0.25, 0.3) is 11.0 Å². The first-order valence-corrected chi connectivity index (χ1v) is 9.95. The lowest BCUT2D eigenvalue weighted by atomic mass is 9.97. The van der Waals surface area contributed by atoms with Gasteiger partial charge in [-0.1, -0.05) is 24.3 Å². The van der Waals surface area contributed by atoms with Crippen LogP contribution in [-0.4, -0.2) is 33.4 Å². The molecule has 3 heterocycles. The molecule has 8 nitrogen and oxygen atoms in total. The summed E-state index contributed by atoms with van der Waals surface area (Å²) in [6, 6.07) is 12.9. The number of nitrogen functional groups attached to an aromatic ring is 2. The number of hydrogen-bond acceptors (Lipinski definition) is 7. The Labute approximate surface area is 178 Å². The summed E-state index contributed by atoms with van der Waals surface area (Å²) in [7, 11) is 1.55. The molecule has 0 spiro atoms. The number of ether oxygens (including phenoxy) is 1. The van der Waals surface area contributed by atoms with Crippen molar-refractivity contribution in [3.63, 3.8) is 0 Å². The van der Waals surface area contributed by atoms with Gasteiger partial charge in [-0.2, -0.15) is 15.1 Å². The highest BCUT2D eigenvalue weighted by Crippen LogP contribution is 2.35. The Bertz CT molecular complexity index is 1270. The van der Waals surface area contributed by atoms with Gasteiger partial charge in [-0.05, 0) is 24.1 Å². The van der Waals surface area contributed by atoms with Crippen LogP contribution in [0.15, 0.2) is 48.7 Å². The highest BCUT2D eigenvalue weighted by Gasteiger charge is 2.28. The van der Waals surface area contributed by atoms with E-state index in [0.717, 1.165) is 17.7 Å². The summed E-state index contributed by atoms with van der Waals surface area (Å²) in [6.07, 6.45) is 2.46. The molecule has 0 bridgehead atoms.